The maximum absolute atomic E-state index is 11.6. The molecule has 0 N–H and O–H groups in total. The van der Waals surface area contributed by atoms with Crippen molar-refractivity contribution in [2.45, 2.75) is 19.4 Å². The van der Waals surface area contributed by atoms with Crippen LogP contribution in [0.15, 0.2) is 24.3 Å². The van der Waals surface area contributed by atoms with Gasteiger partial charge in [0.1, 0.15) is 11.8 Å². The van der Waals surface area contributed by atoms with E-state index in [2.05, 4.69) is 6.07 Å². The van der Waals surface area contributed by atoms with Crippen LogP contribution in [0.1, 0.15) is 24.9 Å². The molecule has 17 heavy (non-hydrogen) atoms. The van der Waals surface area contributed by atoms with Crippen LogP contribution in [0.3, 0.4) is 0 Å². The lowest BCUT2D eigenvalue weighted by Gasteiger charge is -2.23. The van der Waals surface area contributed by atoms with Crippen LogP contribution in [-0.2, 0) is 4.79 Å². The van der Waals surface area contributed by atoms with E-state index in [0.29, 0.717) is 17.7 Å². The Bertz CT molecular complexity index is 437. The van der Waals surface area contributed by atoms with Crippen LogP contribution in [0.4, 0.5) is 0 Å². The molecule has 0 aliphatic rings. The standard InChI is InChI=1S/C13H16N2O2/c1-4-13(16)15(2)11(9-14)10-7-5-6-8-12(10)17-3/h5-8,11H,4H2,1-3H3. The summed E-state index contributed by atoms with van der Waals surface area (Å²) < 4.78 is 5.20. The van der Waals surface area contributed by atoms with Crippen molar-refractivity contribution in [1.29, 1.82) is 5.26 Å². The molecule has 1 rings (SSSR count). The zero-order valence-corrected chi connectivity index (χ0v) is 10.3. The normalized spacial score (nSPS) is 11.4. The number of benzene rings is 1. The van der Waals surface area contributed by atoms with E-state index < -0.39 is 6.04 Å². The van der Waals surface area contributed by atoms with Gasteiger partial charge in [0.15, 0.2) is 0 Å². The zero-order valence-electron chi connectivity index (χ0n) is 10.3. The van der Waals surface area contributed by atoms with Gasteiger partial charge in [-0.1, -0.05) is 25.1 Å². The lowest BCUT2D eigenvalue weighted by molar-refractivity contribution is -0.130. The molecule has 1 aromatic rings. The highest BCUT2D eigenvalue weighted by molar-refractivity contribution is 5.76. The number of ether oxygens (including phenoxy) is 1. The number of hydrogen-bond acceptors (Lipinski definition) is 3. The van der Waals surface area contributed by atoms with Gasteiger partial charge in [0.25, 0.3) is 0 Å². The first-order valence-electron chi connectivity index (χ1n) is 5.43. The molecule has 0 aromatic heterocycles. The molecule has 1 aromatic carbocycles. The molecule has 0 saturated carbocycles. The van der Waals surface area contributed by atoms with Crippen molar-refractivity contribution in [1.82, 2.24) is 4.90 Å². The second-order valence-corrected chi connectivity index (χ2v) is 3.63. The summed E-state index contributed by atoms with van der Waals surface area (Å²) in [5.74, 6) is 0.553. The van der Waals surface area contributed by atoms with Gasteiger partial charge in [-0.15, -0.1) is 0 Å². The average molecular weight is 232 g/mol. The van der Waals surface area contributed by atoms with Gasteiger partial charge < -0.3 is 9.64 Å². The first-order valence-corrected chi connectivity index (χ1v) is 5.43. The third-order valence-corrected chi connectivity index (χ3v) is 2.64. The van der Waals surface area contributed by atoms with Crippen LogP contribution in [0.25, 0.3) is 0 Å². The molecule has 4 heteroatoms. The van der Waals surface area contributed by atoms with Crippen LogP contribution >= 0.6 is 0 Å². The topological polar surface area (TPSA) is 53.3 Å². The molecule has 0 fully saturated rings. The minimum Gasteiger partial charge on any atom is -0.496 e. The number of carbonyl (C=O) groups is 1. The van der Waals surface area contributed by atoms with Crippen LogP contribution in [0.2, 0.25) is 0 Å². The fourth-order valence-electron chi connectivity index (χ4n) is 1.65. The smallest absolute Gasteiger partial charge is 0.223 e. The van der Waals surface area contributed by atoms with Crippen LogP contribution in [-0.4, -0.2) is 25.0 Å². The first kappa shape index (κ1) is 13.0. The molecule has 1 unspecified atom stereocenters. The third-order valence-electron chi connectivity index (χ3n) is 2.64. The molecule has 0 bridgehead atoms. The third kappa shape index (κ3) is 2.76. The van der Waals surface area contributed by atoms with Crippen LogP contribution < -0.4 is 4.74 Å². The maximum Gasteiger partial charge on any atom is 0.223 e. The summed E-state index contributed by atoms with van der Waals surface area (Å²) >= 11 is 0. The Kier molecular flexibility index (Phi) is 4.53. The fourth-order valence-corrected chi connectivity index (χ4v) is 1.65. The van der Waals surface area contributed by atoms with Gasteiger partial charge in [0, 0.05) is 19.0 Å². The molecule has 0 aliphatic heterocycles. The monoisotopic (exact) mass is 232 g/mol. The van der Waals surface area contributed by atoms with E-state index in [-0.39, 0.29) is 5.91 Å². The Morgan fingerprint density at radius 1 is 1.53 bits per heavy atom. The predicted octanol–water partition coefficient (Wildman–Crippen LogP) is 2.13. The molecular weight excluding hydrogens is 216 g/mol. The molecule has 0 saturated heterocycles. The van der Waals surface area contributed by atoms with Crippen molar-refractivity contribution < 1.29 is 9.53 Å². The number of carbonyl (C=O) groups excluding carboxylic acids is 1. The fraction of sp³-hybridized carbons (Fsp3) is 0.385. The van der Waals surface area contributed by atoms with Crippen molar-refractivity contribution >= 4 is 5.91 Å². The Balaban J connectivity index is 3.10. The van der Waals surface area contributed by atoms with Crippen molar-refractivity contribution in [3.8, 4) is 11.8 Å². The van der Waals surface area contributed by atoms with E-state index in [0.717, 1.165) is 0 Å². The van der Waals surface area contributed by atoms with E-state index >= 15 is 0 Å². The maximum atomic E-state index is 11.6. The lowest BCUT2D eigenvalue weighted by atomic mass is 10.1. The molecule has 0 spiro atoms. The van der Waals surface area contributed by atoms with Gasteiger partial charge >= 0.3 is 0 Å². The quantitative estimate of drug-likeness (QED) is 0.799. The molecule has 90 valence electrons. The summed E-state index contributed by atoms with van der Waals surface area (Å²) in [7, 11) is 3.18. The first-order chi connectivity index (χ1) is 8.15. The molecule has 0 aliphatic carbocycles. The van der Waals surface area contributed by atoms with Crippen LogP contribution in [0, 0.1) is 11.3 Å². The summed E-state index contributed by atoms with van der Waals surface area (Å²) in [4.78, 5) is 13.1. The Labute approximate surface area is 101 Å². The Hall–Kier alpha value is -2.02. The Morgan fingerprint density at radius 2 is 2.18 bits per heavy atom. The van der Waals surface area contributed by atoms with Gasteiger partial charge in [-0.25, -0.2) is 0 Å². The van der Waals surface area contributed by atoms with Crippen molar-refractivity contribution in [2.75, 3.05) is 14.2 Å². The Morgan fingerprint density at radius 3 is 2.71 bits per heavy atom. The van der Waals surface area contributed by atoms with Crippen molar-refractivity contribution in [2.24, 2.45) is 0 Å². The van der Waals surface area contributed by atoms with Gasteiger partial charge in [0.2, 0.25) is 5.91 Å². The number of rotatable bonds is 4. The molecule has 0 radical (unpaired) electrons. The largest absolute Gasteiger partial charge is 0.496 e. The highest BCUT2D eigenvalue weighted by Crippen LogP contribution is 2.28. The number of nitrogens with zero attached hydrogens (tertiary/aromatic N) is 2. The molecule has 4 nitrogen and oxygen atoms in total. The van der Waals surface area contributed by atoms with Gasteiger partial charge in [0.05, 0.1) is 13.2 Å². The van der Waals surface area contributed by atoms with Gasteiger partial charge in [-0.3, -0.25) is 4.79 Å². The SMILES string of the molecule is CCC(=O)N(C)C(C#N)c1ccccc1OC. The minimum atomic E-state index is -0.612. The summed E-state index contributed by atoms with van der Waals surface area (Å²) in [5, 5.41) is 9.21. The zero-order chi connectivity index (χ0) is 12.8. The molecular formula is C13H16N2O2. The predicted molar refractivity (Wildman–Crippen MR) is 64.4 cm³/mol. The number of para-hydroxylation sites is 1. The van der Waals surface area contributed by atoms with E-state index in [1.807, 2.05) is 12.1 Å². The second kappa shape index (κ2) is 5.90. The average Bonchev–Trinajstić information content (AvgIpc) is 2.39. The number of methoxy groups -OCH3 is 1. The highest BCUT2D eigenvalue weighted by Gasteiger charge is 2.22. The summed E-state index contributed by atoms with van der Waals surface area (Å²) in [5.41, 5.74) is 0.710. The van der Waals surface area contributed by atoms with Crippen molar-refractivity contribution in [3.63, 3.8) is 0 Å². The highest BCUT2D eigenvalue weighted by atomic mass is 16.5. The second-order valence-electron chi connectivity index (χ2n) is 3.63. The number of hydrogen-bond donors (Lipinski definition) is 0. The van der Waals surface area contributed by atoms with E-state index in [1.54, 1.807) is 33.2 Å². The molecule has 1 atom stereocenters. The van der Waals surface area contributed by atoms with E-state index in [4.69, 9.17) is 4.74 Å². The van der Waals surface area contributed by atoms with Gasteiger partial charge in [-0.2, -0.15) is 5.26 Å². The molecule has 1 amide bonds. The van der Waals surface area contributed by atoms with Crippen molar-refractivity contribution in [3.05, 3.63) is 29.8 Å². The summed E-state index contributed by atoms with van der Waals surface area (Å²) in [6.07, 6.45) is 0.379. The van der Waals surface area contributed by atoms with Gasteiger partial charge in [-0.05, 0) is 6.07 Å². The van der Waals surface area contributed by atoms with E-state index in [9.17, 15) is 10.1 Å². The molecule has 0 heterocycles. The van der Waals surface area contributed by atoms with Crippen LogP contribution in [0.5, 0.6) is 5.75 Å². The van der Waals surface area contributed by atoms with E-state index in [1.165, 1.54) is 4.90 Å². The lowest BCUT2D eigenvalue weighted by Crippen LogP contribution is -2.30. The minimum absolute atomic E-state index is 0.0672. The number of amides is 1. The summed E-state index contributed by atoms with van der Waals surface area (Å²) in [6, 6.07) is 8.76. The number of nitriles is 1. The summed E-state index contributed by atoms with van der Waals surface area (Å²) in [6.45, 7) is 1.77.